The Morgan fingerprint density at radius 1 is 1.40 bits per heavy atom. The highest BCUT2D eigenvalue weighted by molar-refractivity contribution is 7.09. The van der Waals surface area contributed by atoms with E-state index in [0.29, 0.717) is 12.1 Å². The van der Waals surface area contributed by atoms with Crippen molar-refractivity contribution >= 4 is 11.3 Å². The standard InChI is InChI=1S/C14H17F2N3S/c1-9-14(20-8-18-9)7-19(2)13(6-17)11-4-3-10(15)5-12(11)16/h3-5,8,13H,6-7,17H2,1-2H3. The Morgan fingerprint density at radius 2 is 2.15 bits per heavy atom. The summed E-state index contributed by atoms with van der Waals surface area (Å²) in [6.07, 6.45) is 0. The summed E-state index contributed by atoms with van der Waals surface area (Å²) >= 11 is 1.56. The van der Waals surface area contributed by atoms with Gasteiger partial charge in [-0.3, -0.25) is 4.90 Å². The monoisotopic (exact) mass is 297 g/mol. The van der Waals surface area contributed by atoms with Gasteiger partial charge in [-0.2, -0.15) is 0 Å². The fourth-order valence-electron chi connectivity index (χ4n) is 2.13. The zero-order valence-electron chi connectivity index (χ0n) is 11.4. The van der Waals surface area contributed by atoms with Crippen LogP contribution in [0.25, 0.3) is 0 Å². The Balaban J connectivity index is 2.21. The van der Waals surface area contributed by atoms with Crippen molar-refractivity contribution < 1.29 is 8.78 Å². The van der Waals surface area contributed by atoms with Gasteiger partial charge in [-0.25, -0.2) is 13.8 Å². The number of rotatable bonds is 5. The topological polar surface area (TPSA) is 42.2 Å². The number of benzene rings is 1. The summed E-state index contributed by atoms with van der Waals surface area (Å²) in [6.45, 7) is 2.84. The van der Waals surface area contributed by atoms with E-state index in [2.05, 4.69) is 4.98 Å². The van der Waals surface area contributed by atoms with E-state index in [1.165, 1.54) is 12.1 Å². The molecule has 0 radical (unpaired) electrons. The third kappa shape index (κ3) is 3.20. The molecule has 2 rings (SSSR count). The van der Waals surface area contributed by atoms with Gasteiger partial charge in [0.2, 0.25) is 0 Å². The molecule has 0 aliphatic heterocycles. The molecular formula is C14H17F2N3S. The van der Waals surface area contributed by atoms with Gasteiger partial charge >= 0.3 is 0 Å². The number of thiazole rings is 1. The van der Waals surface area contributed by atoms with Crippen LogP contribution in [-0.2, 0) is 6.54 Å². The van der Waals surface area contributed by atoms with Crippen LogP contribution in [0.4, 0.5) is 8.78 Å². The normalized spacial score (nSPS) is 12.9. The van der Waals surface area contributed by atoms with Crippen molar-refractivity contribution in [3.05, 3.63) is 51.5 Å². The fourth-order valence-corrected chi connectivity index (χ4v) is 2.97. The van der Waals surface area contributed by atoms with Gasteiger partial charge in [0, 0.05) is 35.6 Å². The Labute approximate surface area is 121 Å². The summed E-state index contributed by atoms with van der Waals surface area (Å²) in [7, 11) is 1.87. The summed E-state index contributed by atoms with van der Waals surface area (Å²) in [5, 5.41) is 0. The zero-order valence-corrected chi connectivity index (χ0v) is 12.3. The Morgan fingerprint density at radius 3 is 2.70 bits per heavy atom. The van der Waals surface area contributed by atoms with Crippen LogP contribution in [0.5, 0.6) is 0 Å². The summed E-state index contributed by atoms with van der Waals surface area (Å²) in [4.78, 5) is 7.27. The van der Waals surface area contributed by atoms with E-state index >= 15 is 0 Å². The van der Waals surface area contributed by atoms with E-state index in [4.69, 9.17) is 5.73 Å². The molecule has 0 aliphatic rings. The molecule has 0 spiro atoms. The highest BCUT2D eigenvalue weighted by atomic mass is 32.1. The smallest absolute Gasteiger partial charge is 0.130 e. The maximum Gasteiger partial charge on any atom is 0.130 e. The molecule has 20 heavy (non-hydrogen) atoms. The molecule has 1 aromatic carbocycles. The minimum Gasteiger partial charge on any atom is -0.329 e. The maximum absolute atomic E-state index is 13.9. The molecular weight excluding hydrogens is 280 g/mol. The quantitative estimate of drug-likeness (QED) is 0.922. The van der Waals surface area contributed by atoms with Crippen LogP contribution in [0.2, 0.25) is 0 Å². The molecule has 0 bridgehead atoms. The van der Waals surface area contributed by atoms with Crippen molar-refractivity contribution in [3.8, 4) is 0 Å². The molecule has 0 amide bonds. The van der Waals surface area contributed by atoms with Gasteiger partial charge in [-0.1, -0.05) is 6.07 Å². The van der Waals surface area contributed by atoms with Crippen molar-refractivity contribution in [1.82, 2.24) is 9.88 Å². The lowest BCUT2D eigenvalue weighted by atomic mass is 10.0. The summed E-state index contributed by atoms with van der Waals surface area (Å²) in [6, 6.07) is 3.31. The summed E-state index contributed by atoms with van der Waals surface area (Å²) in [5.74, 6) is -1.14. The van der Waals surface area contributed by atoms with Gasteiger partial charge in [0.15, 0.2) is 0 Å². The molecule has 6 heteroatoms. The third-order valence-corrected chi connectivity index (χ3v) is 4.23. The van der Waals surface area contributed by atoms with E-state index in [1.54, 1.807) is 16.8 Å². The van der Waals surface area contributed by atoms with Crippen molar-refractivity contribution in [3.63, 3.8) is 0 Å². The van der Waals surface area contributed by atoms with Crippen LogP contribution < -0.4 is 5.73 Å². The van der Waals surface area contributed by atoms with E-state index in [0.717, 1.165) is 16.6 Å². The van der Waals surface area contributed by atoms with Crippen LogP contribution >= 0.6 is 11.3 Å². The van der Waals surface area contributed by atoms with Crippen LogP contribution in [0.15, 0.2) is 23.7 Å². The van der Waals surface area contributed by atoms with Gasteiger partial charge < -0.3 is 5.73 Å². The van der Waals surface area contributed by atoms with Crippen molar-refractivity contribution in [1.29, 1.82) is 0 Å². The highest BCUT2D eigenvalue weighted by Gasteiger charge is 2.20. The minimum absolute atomic E-state index is 0.261. The molecule has 108 valence electrons. The molecule has 1 heterocycles. The van der Waals surface area contributed by atoms with Crippen molar-refractivity contribution in [2.45, 2.75) is 19.5 Å². The molecule has 2 aromatic rings. The number of nitrogens with zero attached hydrogens (tertiary/aromatic N) is 2. The van der Waals surface area contributed by atoms with Crippen LogP contribution in [0.1, 0.15) is 22.2 Å². The van der Waals surface area contributed by atoms with E-state index in [9.17, 15) is 8.78 Å². The SMILES string of the molecule is Cc1ncsc1CN(C)C(CN)c1ccc(F)cc1F. The van der Waals surface area contributed by atoms with Gasteiger partial charge in [0.05, 0.1) is 11.2 Å². The maximum atomic E-state index is 13.9. The Kier molecular flexibility index (Phi) is 4.80. The molecule has 0 saturated heterocycles. The number of likely N-dealkylation sites (N-methyl/N-ethyl adjacent to an activating group) is 1. The number of aryl methyl sites for hydroxylation is 1. The predicted octanol–water partition coefficient (Wildman–Crippen LogP) is 2.86. The largest absolute Gasteiger partial charge is 0.329 e. The first kappa shape index (κ1) is 15.0. The molecule has 0 fully saturated rings. The second-order valence-corrected chi connectivity index (χ2v) is 5.63. The molecule has 2 N–H and O–H groups in total. The van der Waals surface area contributed by atoms with Crippen LogP contribution in [-0.4, -0.2) is 23.5 Å². The van der Waals surface area contributed by atoms with Gasteiger partial charge in [-0.15, -0.1) is 11.3 Å². The number of hydrogen-bond acceptors (Lipinski definition) is 4. The molecule has 0 aliphatic carbocycles. The van der Waals surface area contributed by atoms with Gasteiger partial charge in [0.25, 0.3) is 0 Å². The first-order valence-corrected chi connectivity index (χ1v) is 7.15. The second kappa shape index (κ2) is 6.39. The first-order valence-electron chi connectivity index (χ1n) is 6.27. The Bertz CT molecular complexity index is 586. The fraction of sp³-hybridized carbons (Fsp3) is 0.357. The summed E-state index contributed by atoms with van der Waals surface area (Å²) < 4.78 is 26.9. The van der Waals surface area contributed by atoms with E-state index in [-0.39, 0.29) is 12.6 Å². The Hall–Kier alpha value is -1.37. The number of aromatic nitrogens is 1. The second-order valence-electron chi connectivity index (χ2n) is 4.69. The third-order valence-electron chi connectivity index (χ3n) is 3.31. The zero-order chi connectivity index (χ0) is 14.7. The lowest BCUT2D eigenvalue weighted by Gasteiger charge is -2.27. The van der Waals surface area contributed by atoms with Crippen molar-refractivity contribution in [2.24, 2.45) is 5.73 Å². The lowest BCUT2D eigenvalue weighted by Crippen LogP contribution is -2.30. The molecule has 3 nitrogen and oxygen atoms in total. The average molecular weight is 297 g/mol. The van der Waals surface area contributed by atoms with Gasteiger partial charge in [0.1, 0.15) is 11.6 Å². The molecule has 0 saturated carbocycles. The molecule has 1 aromatic heterocycles. The predicted molar refractivity (Wildman–Crippen MR) is 76.5 cm³/mol. The van der Waals surface area contributed by atoms with Gasteiger partial charge in [-0.05, 0) is 20.0 Å². The van der Waals surface area contributed by atoms with E-state index < -0.39 is 11.6 Å². The first-order chi connectivity index (χ1) is 9.52. The summed E-state index contributed by atoms with van der Waals surface area (Å²) in [5.41, 5.74) is 8.94. The van der Waals surface area contributed by atoms with E-state index in [1.807, 2.05) is 18.9 Å². The van der Waals surface area contributed by atoms with Crippen LogP contribution in [0.3, 0.4) is 0 Å². The number of hydrogen-bond donors (Lipinski definition) is 1. The lowest BCUT2D eigenvalue weighted by molar-refractivity contribution is 0.238. The van der Waals surface area contributed by atoms with Crippen LogP contribution in [0, 0.1) is 18.6 Å². The van der Waals surface area contributed by atoms with Crippen molar-refractivity contribution in [2.75, 3.05) is 13.6 Å². The number of halogens is 2. The highest BCUT2D eigenvalue weighted by Crippen LogP contribution is 2.25. The minimum atomic E-state index is -0.581. The molecule has 1 atom stereocenters. The molecule has 1 unspecified atom stereocenters. The number of nitrogens with two attached hydrogens (primary N) is 1. The average Bonchev–Trinajstić information content (AvgIpc) is 2.78.